The Kier molecular flexibility index (Phi) is 4.71. The molecule has 0 unspecified atom stereocenters. The molecule has 4 rings (SSSR count). The minimum Gasteiger partial charge on any atom is -0.493 e. The predicted octanol–water partition coefficient (Wildman–Crippen LogP) is 5.38. The zero-order chi connectivity index (χ0) is 19.7. The van der Waals surface area contributed by atoms with Gasteiger partial charge in [0.05, 0.1) is 5.52 Å². The molecule has 0 aliphatic heterocycles. The normalized spacial score (nSPS) is 11.5. The lowest BCUT2D eigenvalue weighted by Gasteiger charge is -2.07. The van der Waals surface area contributed by atoms with E-state index in [-0.39, 0.29) is 18.2 Å². The van der Waals surface area contributed by atoms with Gasteiger partial charge in [-0.25, -0.2) is 0 Å². The molecular weight excluding hydrogens is 378 g/mol. The number of hydrogen-bond donors (Lipinski definition) is 1. The van der Waals surface area contributed by atoms with Crippen molar-refractivity contribution in [3.05, 3.63) is 65.7 Å². The lowest BCUT2D eigenvalue weighted by atomic mass is 10.1. The molecule has 0 bridgehead atoms. The molecule has 6 nitrogen and oxygen atoms in total. The Bertz CT molecular complexity index is 1230. The second kappa shape index (κ2) is 7.32. The number of rotatable bonds is 4. The molecule has 0 fully saturated rings. The first-order chi connectivity index (χ1) is 13.5. The van der Waals surface area contributed by atoms with Crippen molar-refractivity contribution in [1.29, 1.82) is 0 Å². The van der Waals surface area contributed by atoms with Gasteiger partial charge in [-0.3, -0.25) is 4.79 Å². The Labute approximate surface area is 165 Å². The van der Waals surface area contributed by atoms with Gasteiger partial charge in [0, 0.05) is 22.8 Å². The van der Waals surface area contributed by atoms with Crippen molar-refractivity contribution in [2.45, 2.75) is 0 Å². The number of aryl methyl sites for hydroxylation is 1. The number of benzene rings is 3. The van der Waals surface area contributed by atoms with E-state index in [0.29, 0.717) is 16.2 Å². The highest BCUT2D eigenvalue weighted by atomic mass is 35.5. The van der Waals surface area contributed by atoms with Crippen LogP contribution in [0.15, 0.2) is 70.9 Å². The van der Waals surface area contributed by atoms with Crippen LogP contribution in [0.3, 0.4) is 0 Å². The fourth-order valence-electron chi connectivity index (χ4n) is 3.08. The zero-order valence-electron chi connectivity index (χ0n) is 15.0. The summed E-state index contributed by atoms with van der Waals surface area (Å²) >= 11 is 6.03. The summed E-state index contributed by atoms with van der Waals surface area (Å²) in [5.74, 6) is -0.0587. The number of amides is 1. The molecule has 0 saturated carbocycles. The summed E-state index contributed by atoms with van der Waals surface area (Å²) < 4.78 is 7.17. The van der Waals surface area contributed by atoms with Crippen LogP contribution < -0.4 is 4.74 Å². The number of halogens is 1. The fraction of sp³-hybridized carbons (Fsp3) is 0.0952. The lowest BCUT2D eigenvalue weighted by Crippen LogP contribution is -2.08. The minimum atomic E-state index is -0.564. The number of aromatic nitrogens is 1. The summed E-state index contributed by atoms with van der Waals surface area (Å²) in [6.45, 7) is -0.260. The molecule has 1 N–H and O–H groups in total. The molecule has 0 saturated heterocycles. The molecule has 7 heteroatoms. The van der Waals surface area contributed by atoms with Crippen molar-refractivity contribution < 1.29 is 14.6 Å². The van der Waals surface area contributed by atoms with E-state index in [9.17, 15) is 9.90 Å². The maximum Gasteiger partial charge on any atom is 0.302 e. The SMILES string of the molecule is Cn1c(O)c(N=NC(=O)COc2cccc3ccccc23)c2cc(Cl)ccc21. The van der Waals surface area contributed by atoms with E-state index in [2.05, 4.69) is 10.2 Å². The van der Waals surface area contributed by atoms with Gasteiger partial charge in [-0.05, 0) is 29.7 Å². The third-order valence-corrected chi connectivity index (χ3v) is 4.70. The summed E-state index contributed by atoms with van der Waals surface area (Å²) in [5, 5.41) is 20.9. The molecule has 1 heterocycles. The number of fused-ring (bicyclic) bond motifs is 2. The Morgan fingerprint density at radius 2 is 1.89 bits per heavy atom. The average molecular weight is 394 g/mol. The molecule has 140 valence electrons. The molecule has 0 atom stereocenters. The molecule has 0 aliphatic carbocycles. The van der Waals surface area contributed by atoms with Crippen molar-refractivity contribution in [3.8, 4) is 11.6 Å². The van der Waals surface area contributed by atoms with E-state index in [4.69, 9.17) is 16.3 Å². The van der Waals surface area contributed by atoms with E-state index in [0.717, 1.165) is 16.3 Å². The first-order valence-electron chi connectivity index (χ1n) is 8.56. The number of aromatic hydroxyl groups is 1. The summed E-state index contributed by atoms with van der Waals surface area (Å²) in [4.78, 5) is 12.1. The highest BCUT2D eigenvalue weighted by molar-refractivity contribution is 6.31. The fourth-order valence-corrected chi connectivity index (χ4v) is 3.25. The quantitative estimate of drug-likeness (QED) is 0.473. The maximum absolute atomic E-state index is 12.1. The van der Waals surface area contributed by atoms with Gasteiger partial charge in [0.25, 0.3) is 0 Å². The zero-order valence-corrected chi connectivity index (χ0v) is 15.7. The number of carbonyl (C=O) groups excluding carboxylic acids is 1. The number of nitrogens with zero attached hydrogens (tertiary/aromatic N) is 3. The Balaban J connectivity index is 1.54. The van der Waals surface area contributed by atoms with Crippen LogP contribution in [0.4, 0.5) is 5.69 Å². The summed E-state index contributed by atoms with van der Waals surface area (Å²) in [6, 6.07) is 18.5. The van der Waals surface area contributed by atoms with Crippen molar-refractivity contribution in [3.63, 3.8) is 0 Å². The van der Waals surface area contributed by atoms with E-state index < -0.39 is 5.91 Å². The lowest BCUT2D eigenvalue weighted by molar-refractivity contribution is -0.120. The first-order valence-corrected chi connectivity index (χ1v) is 8.94. The Morgan fingerprint density at radius 3 is 2.75 bits per heavy atom. The summed E-state index contributed by atoms with van der Waals surface area (Å²) in [5.41, 5.74) is 0.925. The van der Waals surface area contributed by atoms with Crippen molar-refractivity contribution in [1.82, 2.24) is 4.57 Å². The van der Waals surface area contributed by atoms with Crippen molar-refractivity contribution in [2.75, 3.05) is 6.61 Å². The van der Waals surface area contributed by atoms with Gasteiger partial charge in [0.1, 0.15) is 5.75 Å². The largest absolute Gasteiger partial charge is 0.493 e. The van der Waals surface area contributed by atoms with Crippen LogP contribution in [0.25, 0.3) is 21.7 Å². The topological polar surface area (TPSA) is 76.2 Å². The molecule has 0 radical (unpaired) electrons. The molecule has 0 spiro atoms. The van der Waals surface area contributed by atoms with E-state index >= 15 is 0 Å². The van der Waals surface area contributed by atoms with Gasteiger partial charge in [-0.15, -0.1) is 10.2 Å². The Morgan fingerprint density at radius 1 is 1.11 bits per heavy atom. The van der Waals surface area contributed by atoms with Crippen LogP contribution in [0.5, 0.6) is 11.6 Å². The van der Waals surface area contributed by atoms with Gasteiger partial charge < -0.3 is 14.4 Å². The van der Waals surface area contributed by atoms with Gasteiger partial charge in [-0.2, -0.15) is 0 Å². The Hall–Kier alpha value is -3.38. The van der Waals surface area contributed by atoms with Crippen LogP contribution in [0.2, 0.25) is 5.02 Å². The van der Waals surface area contributed by atoms with Crippen LogP contribution >= 0.6 is 11.6 Å². The summed E-state index contributed by atoms with van der Waals surface area (Å²) in [6.07, 6.45) is 0. The number of carbonyl (C=O) groups is 1. The van der Waals surface area contributed by atoms with Crippen LogP contribution in [-0.2, 0) is 11.8 Å². The minimum absolute atomic E-state index is 0.0937. The maximum atomic E-state index is 12.1. The average Bonchev–Trinajstić information content (AvgIpc) is 2.94. The van der Waals surface area contributed by atoms with Crippen molar-refractivity contribution in [2.24, 2.45) is 17.3 Å². The van der Waals surface area contributed by atoms with E-state index in [1.807, 2.05) is 36.4 Å². The number of ether oxygens (including phenoxy) is 1. The molecule has 28 heavy (non-hydrogen) atoms. The predicted molar refractivity (Wildman–Crippen MR) is 109 cm³/mol. The molecule has 1 aromatic heterocycles. The van der Waals surface area contributed by atoms with Gasteiger partial charge in [0.15, 0.2) is 12.3 Å². The standard InChI is InChI=1S/C21H16ClN3O3/c1-25-17-10-9-14(22)11-16(17)20(21(25)27)24-23-19(26)12-28-18-8-4-6-13-5-2-3-7-15(13)18/h2-11,27H,12H2,1H3. The van der Waals surface area contributed by atoms with Gasteiger partial charge >= 0.3 is 5.91 Å². The van der Waals surface area contributed by atoms with Gasteiger partial charge in [-0.1, -0.05) is 48.0 Å². The monoisotopic (exact) mass is 393 g/mol. The molecule has 3 aromatic carbocycles. The van der Waals surface area contributed by atoms with Crippen LogP contribution in [-0.4, -0.2) is 22.2 Å². The third-order valence-electron chi connectivity index (χ3n) is 4.47. The molecule has 1 amide bonds. The third kappa shape index (κ3) is 3.30. The van der Waals surface area contributed by atoms with E-state index in [1.54, 1.807) is 35.9 Å². The second-order valence-corrected chi connectivity index (χ2v) is 6.69. The van der Waals surface area contributed by atoms with Crippen LogP contribution in [0, 0.1) is 0 Å². The first kappa shape index (κ1) is 18.0. The molecule has 0 aliphatic rings. The summed E-state index contributed by atoms with van der Waals surface area (Å²) in [7, 11) is 1.69. The molecular formula is C21H16ClN3O3. The van der Waals surface area contributed by atoms with Crippen molar-refractivity contribution >= 4 is 44.9 Å². The van der Waals surface area contributed by atoms with Gasteiger partial charge in [0.2, 0.25) is 5.88 Å². The highest BCUT2D eigenvalue weighted by Crippen LogP contribution is 2.39. The molecule has 4 aromatic rings. The second-order valence-electron chi connectivity index (χ2n) is 6.25. The smallest absolute Gasteiger partial charge is 0.302 e. The van der Waals surface area contributed by atoms with E-state index in [1.165, 1.54) is 0 Å². The number of azo groups is 1. The van der Waals surface area contributed by atoms with Crippen LogP contribution in [0.1, 0.15) is 0 Å². The highest BCUT2D eigenvalue weighted by Gasteiger charge is 2.15. The number of hydrogen-bond acceptors (Lipinski definition) is 4.